The largest absolute Gasteiger partial charge is 0.494 e. The quantitative estimate of drug-likeness (QED) is 0.541. The molecule has 0 bridgehead atoms. The second-order valence-corrected chi connectivity index (χ2v) is 8.38. The van der Waals surface area contributed by atoms with E-state index in [1.807, 2.05) is 6.92 Å². The Balaban J connectivity index is 1.68. The molecule has 3 rings (SSSR count). The maximum Gasteiger partial charge on any atom is 0.191 e. The number of fused-ring (bicyclic) bond motifs is 1. The first-order valence-electron chi connectivity index (χ1n) is 11.2. The molecule has 1 fully saturated rings. The second kappa shape index (κ2) is 10.2. The lowest BCUT2D eigenvalue weighted by molar-refractivity contribution is 0.167. The van der Waals surface area contributed by atoms with Crippen LogP contribution in [-0.2, 0) is 13.0 Å². The predicted molar refractivity (Wildman–Crippen MR) is 119 cm³/mol. The van der Waals surface area contributed by atoms with E-state index in [2.05, 4.69) is 55.4 Å². The van der Waals surface area contributed by atoms with Gasteiger partial charge in [0.05, 0.1) is 13.2 Å². The molecule has 0 saturated carbocycles. The number of rotatable bonds is 7. The molecular formula is C23H38N4O2. The minimum Gasteiger partial charge on any atom is -0.494 e. The highest BCUT2D eigenvalue weighted by Gasteiger charge is 2.23. The van der Waals surface area contributed by atoms with Crippen LogP contribution in [0.2, 0.25) is 0 Å². The number of hydrogen-bond donors (Lipinski definition) is 2. The van der Waals surface area contributed by atoms with E-state index in [1.165, 1.54) is 5.56 Å². The fraction of sp³-hybridized carbons (Fsp3) is 0.696. The van der Waals surface area contributed by atoms with Gasteiger partial charge in [0.15, 0.2) is 5.96 Å². The van der Waals surface area contributed by atoms with Crippen LogP contribution < -0.4 is 20.1 Å². The fourth-order valence-electron chi connectivity index (χ4n) is 4.13. The van der Waals surface area contributed by atoms with Crippen LogP contribution in [0.1, 0.15) is 58.6 Å². The van der Waals surface area contributed by atoms with Crippen molar-refractivity contribution in [3.05, 3.63) is 23.3 Å². The standard InChI is InChI=1S/C23H38N4O2/c1-6-24-23(26-20-8-10-27(11-9-20)16(3)4)25-15-19-14-22-18(12-17(5)29-22)13-21(19)28-7-2/h13-14,16-17,20H,6-12,15H2,1-5H3,(H2,24,25,26). The molecule has 1 aromatic rings. The van der Waals surface area contributed by atoms with Gasteiger partial charge >= 0.3 is 0 Å². The van der Waals surface area contributed by atoms with Crippen LogP contribution in [0.15, 0.2) is 17.1 Å². The highest BCUT2D eigenvalue weighted by atomic mass is 16.5. The minimum absolute atomic E-state index is 0.230. The Morgan fingerprint density at radius 1 is 1.28 bits per heavy atom. The highest BCUT2D eigenvalue weighted by molar-refractivity contribution is 5.80. The summed E-state index contributed by atoms with van der Waals surface area (Å²) in [5, 5.41) is 7.04. The molecule has 2 aliphatic rings. The van der Waals surface area contributed by atoms with E-state index in [0.717, 1.165) is 61.9 Å². The average Bonchev–Trinajstić information content (AvgIpc) is 3.05. The van der Waals surface area contributed by atoms with E-state index in [0.29, 0.717) is 25.2 Å². The molecule has 1 unspecified atom stereocenters. The zero-order chi connectivity index (χ0) is 20.8. The number of nitrogens with zero attached hydrogens (tertiary/aromatic N) is 2. The Hall–Kier alpha value is -1.95. The Morgan fingerprint density at radius 3 is 2.69 bits per heavy atom. The number of aliphatic imine (C=N–C) groups is 1. The van der Waals surface area contributed by atoms with E-state index >= 15 is 0 Å². The monoisotopic (exact) mass is 402 g/mol. The van der Waals surface area contributed by atoms with Crippen molar-refractivity contribution in [2.45, 2.75) is 78.6 Å². The topological polar surface area (TPSA) is 58.1 Å². The number of hydrogen-bond acceptors (Lipinski definition) is 4. The first-order chi connectivity index (χ1) is 14.0. The summed E-state index contributed by atoms with van der Waals surface area (Å²) in [6.45, 7) is 15.1. The molecule has 2 heterocycles. The Morgan fingerprint density at radius 2 is 2.03 bits per heavy atom. The zero-order valence-electron chi connectivity index (χ0n) is 18.8. The second-order valence-electron chi connectivity index (χ2n) is 8.38. The molecule has 1 saturated heterocycles. The number of likely N-dealkylation sites (tertiary alicyclic amines) is 1. The third-order valence-corrected chi connectivity index (χ3v) is 5.73. The van der Waals surface area contributed by atoms with Crippen molar-refractivity contribution in [2.24, 2.45) is 4.99 Å². The smallest absolute Gasteiger partial charge is 0.191 e. The summed E-state index contributed by atoms with van der Waals surface area (Å²) in [5.41, 5.74) is 2.31. The van der Waals surface area contributed by atoms with Crippen LogP contribution in [-0.4, -0.2) is 55.3 Å². The lowest BCUT2D eigenvalue weighted by atomic mass is 10.0. The maximum absolute atomic E-state index is 5.95. The molecule has 1 atom stereocenters. The van der Waals surface area contributed by atoms with Crippen molar-refractivity contribution < 1.29 is 9.47 Å². The molecule has 0 aromatic heterocycles. The van der Waals surface area contributed by atoms with Crippen LogP contribution in [0, 0.1) is 0 Å². The molecule has 0 spiro atoms. The van der Waals surface area contributed by atoms with Crippen molar-refractivity contribution in [1.82, 2.24) is 15.5 Å². The van der Waals surface area contributed by atoms with Crippen LogP contribution in [0.3, 0.4) is 0 Å². The molecule has 29 heavy (non-hydrogen) atoms. The van der Waals surface area contributed by atoms with Crippen LogP contribution >= 0.6 is 0 Å². The molecule has 0 radical (unpaired) electrons. The van der Waals surface area contributed by atoms with Crippen molar-refractivity contribution in [3.63, 3.8) is 0 Å². The molecule has 0 amide bonds. The summed E-state index contributed by atoms with van der Waals surface area (Å²) >= 11 is 0. The first-order valence-corrected chi connectivity index (χ1v) is 11.2. The lowest BCUT2D eigenvalue weighted by Gasteiger charge is -2.35. The van der Waals surface area contributed by atoms with Gasteiger partial charge < -0.3 is 25.0 Å². The number of piperidine rings is 1. The molecule has 1 aromatic carbocycles. The van der Waals surface area contributed by atoms with Gasteiger partial charge in [-0.3, -0.25) is 0 Å². The molecule has 6 nitrogen and oxygen atoms in total. The van der Waals surface area contributed by atoms with E-state index in [4.69, 9.17) is 14.5 Å². The molecule has 162 valence electrons. The SMILES string of the molecule is CCNC(=NCc1cc2c(cc1OCC)CC(C)O2)NC1CCN(C(C)C)CC1. The fourth-order valence-corrected chi connectivity index (χ4v) is 4.13. The summed E-state index contributed by atoms with van der Waals surface area (Å²) in [6, 6.07) is 5.34. The summed E-state index contributed by atoms with van der Waals surface area (Å²) in [4.78, 5) is 7.41. The van der Waals surface area contributed by atoms with Crippen molar-refractivity contribution in [3.8, 4) is 11.5 Å². The lowest BCUT2D eigenvalue weighted by Crippen LogP contribution is -2.49. The van der Waals surface area contributed by atoms with Crippen LogP contribution in [0.25, 0.3) is 0 Å². The van der Waals surface area contributed by atoms with Crippen LogP contribution in [0.4, 0.5) is 0 Å². The van der Waals surface area contributed by atoms with Gasteiger partial charge in [-0.05, 0) is 59.6 Å². The van der Waals surface area contributed by atoms with Crippen molar-refractivity contribution in [1.29, 1.82) is 0 Å². The van der Waals surface area contributed by atoms with Gasteiger partial charge in [0, 0.05) is 49.3 Å². The first kappa shape index (κ1) is 21.8. The number of nitrogens with one attached hydrogen (secondary N) is 2. The number of guanidine groups is 1. The van der Waals surface area contributed by atoms with Gasteiger partial charge in [-0.25, -0.2) is 4.99 Å². The third kappa shape index (κ3) is 5.78. The van der Waals surface area contributed by atoms with E-state index in [9.17, 15) is 0 Å². The van der Waals surface area contributed by atoms with E-state index in [-0.39, 0.29) is 6.10 Å². The molecule has 2 N–H and O–H groups in total. The van der Waals surface area contributed by atoms with Gasteiger partial charge in [0.1, 0.15) is 17.6 Å². The molecule has 0 aliphatic carbocycles. The zero-order valence-corrected chi connectivity index (χ0v) is 18.8. The third-order valence-electron chi connectivity index (χ3n) is 5.73. The molecule has 2 aliphatic heterocycles. The summed E-state index contributed by atoms with van der Waals surface area (Å²) in [5.74, 6) is 2.78. The molecular weight excluding hydrogens is 364 g/mol. The minimum atomic E-state index is 0.230. The van der Waals surface area contributed by atoms with Gasteiger partial charge in [-0.1, -0.05) is 0 Å². The average molecular weight is 403 g/mol. The Kier molecular flexibility index (Phi) is 7.64. The number of benzene rings is 1. The van der Waals surface area contributed by atoms with Crippen molar-refractivity contribution >= 4 is 5.96 Å². The normalized spacial score (nSPS) is 20.5. The Bertz CT molecular complexity index is 696. The van der Waals surface area contributed by atoms with E-state index in [1.54, 1.807) is 0 Å². The van der Waals surface area contributed by atoms with Crippen LogP contribution in [0.5, 0.6) is 11.5 Å². The maximum atomic E-state index is 5.95. The van der Waals surface area contributed by atoms with Gasteiger partial charge in [-0.2, -0.15) is 0 Å². The van der Waals surface area contributed by atoms with Crippen molar-refractivity contribution in [2.75, 3.05) is 26.2 Å². The van der Waals surface area contributed by atoms with Gasteiger partial charge in [0.25, 0.3) is 0 Å². The predicted octanol–water partition coefficient (Wildman–Crippen LogP) is 3.34. The highest BCUT2D eigenvalue weighted by Crippen LogP contribution is 2.35. The molecule has 6 heteroatoms. The number of ether oxygens (including phenoxy) is 2. The summed E-state index contributed by atoms with van der Waals surface area (Å²) in [6.07, 6.45) is 3.47. The summed E-state index contributed by atoms with van der Waals surface area (Å²) in [7, 11) is 0. The summed E-state index contributed by atoms with van der Waals surface area (Å²) < 4.78 is 11.8. The van der Waals surface area contributed by atoms with Gasteiger partial charge in [0.2, 0.25) is 0 Å². The van der Waals surface area contributed by atoms with E-state index < -0.39 is 0 Å². The Labute approximate surface area is 176 Å². The van der Waals surface area contributed by atoms with Gasteiger partial charge in [-0.15, -0.1) is 0 Å².